The van der Waals surface area contributed by atoms with Crippen LogP contribution in [-0.4, -0.2) is 11.8 Å². The molecule has 0 radical (unpaired) electrons. The maximum absolute atomic E-state index is 13.6. The lowest BCUT2D eigenvalue weighted by Gasteiger charge is -2.10. The molecular weight excluding hydrogens is 355 g/mol. The standard InChI is InChI=1S/C23H21FN2O2/c1-2-16-7-4-6-10-21(16)26-23(28)18-13-11-17(12-14-18)22(27)25-15-19-8-3-5-9-20(19)24/h3-14H,2,15H2,1H3,(H,25,27)(H,26,28). The number of aryl methyl sites for hydroxylation is 1. The van der Waals surface area contributed by atoms with Gasteiger partial charge in [-0.2, -0.15) is 0 Å². The van der Waals surface area contributed by atoms with Crippen molar-refractivity contribution >= 4 is 17.5 Å². The van der Waals surface area contributed by atoms with Gasteiger partial charge in [0.15, 0.2) is 0 Å². The topological polar surface area (TPSA) is 58.2 Å². The molecule has 5 heteroatoms. The summed E-state index contributed by atoms with van der Waals surface area (Å²) in [5.41, 5.74) is 3.11. The number of hydrogen-bond acceptors (Lipinski definition) is 2. The summed E-state index contributed by atoms with van der Waals surface area (Å²) in [4.78, 5) is 24.7. The Morgan fingerprint density at radius 2 is 1.36 bits per heavy atom. The SMILES string of the molecule is CCc1ccccc1NC(=O)c1ccc(C(=O)NCc2ccccc2F)cc1. The zero-order valence-corrected chi connectivity index (χ0v) is 15.5. The lowest BCUT2D eigenvalue weighted by atomic mass is 10.1. The maximum atomic E-state index is 13.6. The first kappa shape index (κ1) is 19.3. The predicted molar refractivity (Wildman–Crippen MR) is 108 cm³/mol. The van der Waals surface area contributed by atoms with Crippen molar-refractivity contribution in [2.24, 2.45) is 0 Å². The van der Waals surface area contributed by atoms with E-state index >= 15 is 0 Å². The number of carbonyl (C=O) groups is 2. The van der Waals surface area contributed by atoms with Crippen LogP contribution in [0.3, 0.4) is 0 Å². The zero-order chi connectivity index (χ0) is 19.9. The summed E-state index contributed by atoms with van der Waals surface area (Å²) >= 11 is 0. The molecule has 142 valence electrons. The van der Waals surface area contributed by atoms with Crippen LogP contribution in [0.15, 0.2) is 72.8 Å². The summed E-state index contributed by atoms with van der Waals surface area (Å²) in [7, 11) is 0. The number of anilines is 1. The first-order valence-electron chi connectivity index (χ1n) is 9.09. The molecule has 0 aliphatic rings. The Morgan fingerprint density at radius 1 is 0.786 bits per heavy atom. The Labute approximate surface area is 163 Å². The van der Waals surface area contributed by atoms with Gasteiger partial charge >= 0.3 is 0 Å². The molecule has 4 nitrogen and oxygen atoms in total. The normalized spacial score (nSPS) is 10.4. The van der Waals surface area contributed by atoms with Crippen molar-refractivity contribution in [1.29, 1.82) is 0 Å². The van der Waals surface area contributed by atoms with Crippen molar-refractivity contribution in [3.63, 3.8) is 0 Å². The van der Waals surface area contributed by atoms with Crippen LogP contribution in [0.1, 0.15) is 38.8 Å². The van der Waals surface area contributed by atoms with Crippen LogP contribution >= 0.6 is 0 Å². The van der Waals surface area contributed by atoms with Crippen molar-refractivity contribution in [2.45, 2.75) is 19.9 Å². The minimum Gasteiger partial charge on any atom is -0.348 e. The summed E-state index contributed by atoms with van der Waals surface area (Å²) in [6.07, 6.45) is 0.817. The number of rotatable bonds is 6. The van der Waals surface area contributed by atoms with E-state index in [0.717, 1.165) is 17.7 Å². The molecule has 0 aromatic heterocycles. The number of benzene rings is 3. The average Bonchev–Trinajstić information content (AvgIpc) is 2.73. The van der Waals surface area contributed by atoms with Gasteiger partial charge in [-0.25, -0.2) is 4.39 Å². The van der Waals surface area contributed by atoms with Crippen molar-refractivity contribution in [1.82, 2.24) is 5.32 Å². The number of para-hydroxylation sites is 1. The molecule has 2 amide bonds. The third kappa shape index (κ3) is 4.62. The highest BCUT2D eigenvalue weighted by Gasteiger charge is 2.11. The molecule has 28 heavy (non-hydrogen) atoms. The van der Waals surface area contributed by atoms with E-state index in [-0.39, 0.29) is 24.2 Å². The van der Waals surface area contributed by atoms with Gasteiger partial charge in [0.1, 0.15) is 5.82 Å². The summed E-state index contributed by atoms with van der Waals surface area (Å²) in [5, 5.41) is 5.58. The van der Waals surface area contributed by atoms with E-state index in [0.29, 0.717) is 16.7 Å². The number of amides is 2. The molecule has 0 aliphatic heterocycles. The van der Waals surface area contributed by atoms with E-state index in [1.54, 1.807) is 42.5 Å². The van der Waals surface area contributed by atoms with Crippen molar-refractivity contribution in [2.75, 3.05) is 5.32 Å². The molecule has 0 fully saturated rings. The smallest absolute Gasteiger partial charge is 0.255 e. The fraction of sp³-hybridized carbons (Fsp3) is 0.130. The van der Waals surface area contributed by atoms with E-state index < -0.39 is 0 Å². The summed E-state index contributed by atoms with van der Waals surface area (Å²) in [6, 6.07) is 20.3. The fourth-order valence-electron chi connectivity index (χ4n) is 2.84. The molecule has 3 rings (SSSR count). The molecule has 0 heterocycles. The fourth-order valence-corrected chi connectivity index (χ4v) is 2.84. The van der Waals surface area contributed by atoms with Gasteiger partial charge in [0.05, 0.1) is 0 Å². The molecule has 0 atom stereocenters. The monoisotopic (exact) mass is 376 g/mol. The predicted octanol–water partition coefficient (Wildman–Crippen LogP) is 4.57. The van der Waals surface area contributed by atoms with Gasteiger partial charge in [0, 0.05) is 28.9 Å². The van der Waals surface area contributed by atoms with E-state index in [9.17, 15) is 14.0 Å². The molecule has 3 aromatic carbocycles. The summed E-state index contributed by atoms with van der Waals surface area (Å²) in [5.74, 6) is -0.923. The highest BCUT2D eigenvalue weighted by molar-refractivity contribution is 6.05. The van der Waals surface area contributed by atoms with Gasteiger partial charge in [-0.05, 0) is 48.4 Å². The molecule has 0 unspecified atom stereocenters. The highest BCUT2D eigenvalue weighted by Crippen LogP contribution is 2.17. The Hall–Kier alpha value is -3.47. The molecule has 0 spiro atoms. The van der Waals surface area contributed by atoms with Crippen molar-refractivity contribution in [3.8, 4) is 0 Å². The van der Waals surface area contributed by atoms with Gasteiger partial charge in [-0.1, -0.05) is 43.3 Å². The molecule has 0 saturated carbocycles. The third-order valence-corrected chi connectivity index (χ3v) is 4.45. The van der Waals surface area contributed by atoms with Crippen molar-refractivity contribution < 1.29 is 14.0 Å². The van der Waals surface area contributed by atoms with E-state index in [1.807, 2.05) is 31.2 Å². The first-order chi connectivity index (χ1) is 13.6. The molecular formula is C23H21FN2O2. The Bertz CT molecular complexity index is 984. The molecule has 0 aliphatic carbocycles. The Balaban J connectivity index is 1.63. The second-order valence-electron chi connectivity index (χ2n) is 6.32. The third-order valence-electron chi connectivity index (χ3n) is 4.45. The van der Waals surface area contributed by atoms with Crippen LogP contribution in [0.2, 0.25) is 0 Å². The van der Waals surface area contributed by atoms with Gasteiger partial charge in [-0.3, -0.25) is 9.59 Å². The minimum absolute atomic E-state index is 0.0988. The van der Waals surface area contributed by atoms with E-state index in [1.165, 1.54) is 6.07 Å². The quantitative estimate of drug-likeness (QED) is 0.662. The average molecular weight is 376 g/mol. The van der Waals surface area contributed by atoms with E-state index in [4.69, 9.17) is 0 Å². The molecule has 3 aromatic rings. The largest absolute Gasteiger partial charge is 0.348 e. The number of hydrogen-bond donors (Lipinski definition) is 2. The number of carbonyl (C=O) groups excluding carboxylic acids is 2. The Kier molecular flexibility index (Phi) is 6.17. The van der Waals surface area contributed by atoms with Crippen LogP contribution in [0.4, 0.5) is 10.1 Å². The van der Waals surface area contributed by atoms with Crippen LogP contribution in [0, 0.1) is 5.82 Å². The van der Waals surface area contributed by atoms with Crippen LogP contribution < -0.4 is 10.6 Å². The number of halogens is 1. The highest BCUT2D eigenvalue weighted by atomic mass is 19.1. The summed E-state index contributed by atoms with van der Waals surface area (Å²) < 4.78 is 13.6. The van der Waals surface area contributed by atoms with Gasteiger partial charge in [-0.15, -0.1) is 0 Å². The van der Waals surface area contributed by atoms with Crippen LogP contribution in [0.25, 0.3) is 0 Å². The second kappa shape index (κ2) is 8.95. The second-order valence-corrected chi connectivity index (χ2v) is 6.32. The van der Waals surface area contributed by atoms with Crippen LogP contribution in [-0.2, 0) is 13.0 Å². The number of nitrogens with one attached hydrogen (secondary N) is 2. The van der Waals surface area contributed by atoms with Gasteiger partial charge in [0.25, 0.3) is 11.8 Å². The maximum Gasteiger partial charge on any atom is 0.255 e. The Morgan fingerprint density at radius 3 is 2.00 bits per heavy atom. The van der Waals surface area contributed by atoms with Crippen LogP contribution in [0.5, 0.6) is 0 Å². The molecule has 2 N–H and O–H groups in total. The lowest BCUT2D eigenvalue weighted by molar-refractivity contribution is 0.0948. The van der Waals surface area contributed by atoms with Gasteiger partial charge in [0.2, 0.25) is 0 Å². The van der Waals surface area contributed by atoms with Crippen molar-refractivity contribution in [3.05, 3.63) is 101 Å². The summed E-state index contributed by atoms with van der Waals surface area (Å²) in [6.45, 7) is 2.13. The molecule has 0 saturated heterocycles. The van der Waals surface area contributed by atoms with Gasteiger partial charge < -0.3 is 10.6 Å². The molecule has 0 bridgehead atoms. The lowest BCUT2D eigenvalue weighted by Crippen LogP contribution is -2.23. The van der Waals surface area contributed by atoms with E-state index in [2.05, 4.69) is 10.6 Å². The minimum atomic E-state index is -0.359. The zero-order valence-electron chi connectivity index (χ0n) is 15.5. The first-order valence-corrected chi connectivity index (χ1v) is 9.09.